The number of hydrogen-bond donors (Lipinski definition) is 2. The Morgan fingerprint density at radius 1 is 1.23 bits per heavy atom. The van der Waals surface area contributed by atoms with Crippen molar-refractivity contribution in [2.75, 3.05) is 46.0 Å². The Kier molecular flexibility index (Phi) is 7.88. The molecule has 2 atom stereocenters. The lowest BCUT2D eigenvalue weighted by atomic mass is 10.0. The molecule has 1 saturated heterocycles. The third-order valence-corrected chi connectivity index (χ3v) is 4.34. The van der Waals surface area contributed by atoms with Gasteiger partial charge in [-0.3, -0.25) is 4.90 Å². The number of nitrogens with one attached hydrogen (secondary N) is 1. The highest BCUT2D eigenvalue weighted by Gasteiger charge is 2.13. The van der Waals surface area contributed by atoms with Crippen molar-refractivity contribution in [2.45, 2.75) is 25.8 Å². The van der Waals surface area contributed by atoms with Crippen molar-refractivity contribution in [1.82, 2.24) is 10.2 Å². The van der Waals surface area contributed by atoms with Crippen LogP contribution in [0.3, 0.4) is 0 Å². The van der Waals surface area contributed by atoms with Crippen molar-refractivity contribution >= 4 is 0 Å². The molecule has 1 heterocycles. The van der Waals surface area contributed by atoms with Crippen LogP contribution in [-0.4, -0.2) is 62.0 Å². The maximum atomic E-state index is 9.55. The van der Waals surface area contributed by atoms with Crippen molar-refractivity contribution in [3.05, 3.63) is 35.9 Å². The molecule has 4 heteroatoms. The number of hydrogen-bond acceptors (Lipinski definition) is 4. The topological polar surface area (TPSA) is 44.7 Å². The molecule has 2 rings (SSSR count). The van der Waals surface area contributed by atoms with E-state index < -0.39 is 0 Å². The molecular weight excluding hydrogens is 276 g/mol. The Bertz CT molecular complexity index is 393. The minimum atomic E-state index is 0.147. The fraction of sp³-hybridized carbons (Fsp3) is 0.667. The number of aliphatic hydroxyl groups is 1. The molecule has 1 aromatic rings. The first-order valence-corrected chi connectivity index (χ1v) is 8.46. The van der Waals surface area contributed by atoms with E-state index in [1.165, 1.54) is 12.0 Å². The number of aliphatic hydroxyl groups excluding tert-OH is 1. The summed E-state index contributed by atoms with van der Waals surface area (Å²) in [5, 5.41) is 13.1. The van der Waals surface area contributed by atoms with Gasteiger partial charge in [0, 0.05) is 19.1 Å². The lowest BCUT2D eigenvalue weighted by Crippen LogP contribution is -2.40. The van der Waals surface area contributed by atoms with Crippen LogP contribution in [0.2, 0.25) is 0 Å². The van der Waals surface area contributed by atoms with Gasteiger partial charge in [0.1, 0.15) is 0 Å². The summed E-state index contributed by atoms with van der Waals surface area (Å²) < 4.78 is 5.37. The standard InChI is InChI=1S/C18H30N2O2/c1-16(7-8-20-9-11-22-12-10-20)14-19-18(15-21)13-17-5-3-2-4-6-17/h2-6,16,18-19,21H,7-15H2,1H3/t16?,18-/m0/s1. The number of benzene rings is 1. The largest absolute Gasteiger partial charge is 0.395 e. The van der Waals surface area contributed by atoms with Gasteiger partial charge in [0.25, 0.3) is 0 Å². The van der Waals surface area contributed by atoms with Crippen molar-refractivity contribution in [1.29, 1.82) is 0 Å². The van der Waals surface area contributed by atoms with E-state index in [0.29, 0.717) is 5.92 Å². The summed E-state index contributed by atoms with van der Waals surface area (Å²) in [4.78, 5) is 2.48. The smallest absolute Gasteiger partial charge is 0.0594 e. The average molecular weight is 306 g/mol. The molecule has 1 unspecified atom stereocenters. The third kappa shape index (κ3) is 6.44. The predicted molar refractivity (Wildman–Crippen MR) is 90.1 cm³/mol. The fourth-order valence-electron chi connectivity index (χ4n) is 2.80. The van der Waals surface area contributed by atoms with E-state index in [4.69, 9.17) is 4.74 Å². The molecule has 0 aliphatic carbocycles. The molecule has 0 spiro atoms. The van der Waals surface area contributed by atoms with E-state index in [0.717, 1.165) is 45.8 Å². The van der Waals surface area contributed by atoms with E-state index in [1.54, 1.807) is 0 Å². The van der Waals surface area contributed by atoms with E-state index in [1.807, 2.05) is 6.07 Å². The molecule has 4 nitrogen and oxygen atoms in total. The second-order valence-electron chi connectivity index (χ2n) is 6.33. The maximum Gasteiger partial charge on any atom is 0.0594 e. The molecule has 22 heavy (non-hydrogen) atoms. The van der Waals surface area contributed by atoms with Crippen LogP contribution < -0.4 is 5.32 Å². The average Bonchev–Trinajstić information content (AvgIpc) is 2.58. The zero-order valence-corrected chi connectivity index (χ0v) is 13.7. The van der Waals surface area contributed by atoms with Crippen LogP contribution in [0.15, 0.2) is 30.3 Å². The number of ether oxygens (including phenoxy) is 1. The third-order valence-electron chi connectivity index (χ3n) is 4.34. The van der Waals surface area contributed by atoms with Crippen LogP contribution >= 0.6 is 0 Å². The van der Waals surface area contributed by atoms with E-state index in [-0.39, 0.29) is 12.6 Å². The maximum absolute atomic E-state index is 9.55. The molecule has 0 bridgehead atoms. The molecular formula is C18H30N2O2. The SMILES string of the molecule is CC(CCN1CCOCC1)CN[C@H](CO)Cc1ccccc1. The van der Waals surface area contributed by atoms with E-state index in [9.17, 15) is 5.11 Å². The van der Waals surface area contributed by atoms with Crippen LogP contribution in [-0.2, 0) is 11.2 Å². The monoisotopic (exact) mass is 306 g/mol. The number of rotatable bonds is 9. The highest BCUT2D eigenvalue weighted by Crippen LogP contribution is 2.07. The van der Waals surface area contributed by atoms with Gasteiger partial charge in [-0.05, 0) is 37.4 Å². The first kappa shape index (κ1) is 17.4. The Morgan fingerprint density at radius 2 is 1.95 bits per heavy atom. The minimum Gasteiger partial charge on any atom is -0.395 e. The van der Waals surface area contributed by atoms with Crippen LogP contribution in [0, 0.1) is 5.92 Å². The molecule has 1 aliphatic heterocycles. The van der Waals surface area contributed by atoms with Gasteiger partial charge in [-0.1, -0.05) is 37.3 Å². The van der Waals surface area contributed by atoms with Crippen molar-refractivity contribution in [2.24, 2.45) is 5.92 Å². The zero-order valence-electron chi connectivity index (χ0n) is 13.7. The Balaban J connectivity index is 1.64. The highest BCUT2D eigenvalue weighted by atomic mass is 16.5. The highest BCUT2D eigenvalue weighted by molar-refractivity contribution is 5.15. The van der Waals surface area contributed by atoms with Gasteiger partial charge in [0.2, 0.25) is 0 Å². The Morgan fingerprint density at radius 3 is 2.64 bits per heavy atom. The van der Waals surface area contributed by atoms with Crippen molar-refractivity contribution < 1.29 is 9.84 Å². The predicted octanol–water partition coefficient (Wildman–Crippen LogP) is 1.54. The van der Waals surface area contributed by atoms with Crippen molar-refractivity contribution in [3.8, 4) is 0 Å². The summed E-state index contributed by atoms with van der Waals surface area (Å²) >= 11 is 0. The van der Waals surface area contributed by atoms with Gasteiger partial charge < -0.3 is 15.2 Å². The zero-order chi connectivity index (χ0) is 15.6. The first-order chi connectivity index (χ1) is 10.8. The van der Waals surface area contributed by atoms with E-state index in [2.05, 4.69) is 41.4 Å². The van der Waals surface area contributed by atoms with Crippen molar-refractivity contribution in [3.63, 3.8) is 0 Å². The molecule has 0 saturated carbocycles. The van der Waals surface area contributed by atoms with Gasteiger partial charge in [-0.25, -0.2) is 0 Å². The molecule has 0 radical (unpaired) electrons. The van der Waals surface area contributed by atoms with E-state index >= 15 is 0 Å². The fourth-order valence-corrected chi connectivity index (χ4v) is 2.80. The number of morpholine rings is 1. The normalized spacial score (nSPS) is 19.0. The van der Waals surface area contributed by atoms with Gasteiger partial charge >= 0.3 is 0 Å². The van der Waals surface area contributed by atoms with Crippen LogP contribution in [0.1, 0.15) is 18.9 Å². The Hall–Kier alpha value is -0.940. The second-order valence-corrected chi connectivity index (χ2v) is 6.33. The van der Waals surface area contributed by atoms with Gasteiger partial charge in [0.05, 0.1) is 19.8 Å². The summed E-state index contributed by atoms with van der Waals surface area (Å²) in [7, 11) is 0. The molecule has 2 N–H and O–H groups in total. The second kappa shape index (κ2) is 9.95. The van der Waals surface area contributed by atoms with Crippen LogP contribution in [0.4, 0.5) is 0 Å². The summed E-state index contributed by atoms with van der Waals surface area (Å²) in [5.74, 6) is 0.618. The summed E-state index contributed by atoms with van der Waals surface area (Å²) in [5.41, 5.74) is 1.27. The van der Waals surface area contributed by atoms with Gasteiger partial charge in [0.15, 0.2) is 0 Å². The molecule has 0 aromatic heterocycles. The minimum absolute atomic E-state index is 0.147. The van der Waals surface area contributed by atoms with Crippen LogP contribution in [0.5, 0.6) is 0 Å². The summed E-state index contributed by atoms with van der Waals surface area (Å²) in [6, 6.07) is 10.5. The summed E-state index contributed by atoms with van der Waals surface area (Å²) in [6.07, 6.45) is 2.07. The van der Waals surface area contributed by atoms with Gasteiger partial charge in [-0.15, -0.1) is 0 Å². The summed E-state index contributed by atoms with van der Waals surface area (Å²) in [6.45, 7) is 8.44. The quantitative estimate of drug-likeness (QED) is 0.726. The Labute approximate surface area is 134 Å². The molecule has 1 aliphatic rings. The van der Waals surface area contributed by atoms with Crippen LogP contribution in [0.25, 0.3) is 0 Å². The lowest BCUT2D eigenvalue weighted by molar-refractivity contribution is 0.0356. The van der Waals surface area contributed by atoms with Gasteiger partial charge in [-0.2, -0.15) is 0 Å². The molecule has 0 amide bonds. The lowest BCUT2D eigenvalue weighted by Gasteiger charge is -2.28. The first-order valence-electron chi connectivity index (χ1n) is 8.46. The molecule has 1 aromatic carbocycles. The number of nitrogens with zero attached hydrogens (tertiary/aromatic N) is 1. The molecule has 1 fully saturated rings. The molecule has 124 valence electrons.